The number of hydroxylamine groups is 2. The molecule has 1 aromatic carbocycles. The summed E-state index contributed by atoms with van der Waals surface area (Å²) in [7, 11) is 0. The van der Waals surface area contributed by atoms with Crippen LogP contribution in [0.25, 0.3) is 0 Å². The van der Waals surface area contributed by atoms with Gasteiger partial charge in [0.2, 0.25) is 0 Å². The molecule has 2 heterocycles. The van der Waals surface area contributed by atoms with Gasteiger partial charge in [-0.3, -0.25) is 14.4 Å². The zero-order valence-electron chi connectivity index (χ0n) is 10.2. The van der Waals surface area contributed by atoms with Crippen LogP contribution in [0.2, 0.25) is 0 Å². The van der Waals surface area contributed by atoms with Gasteiger partial charge in [0.15, 0.2) is 0 Å². The first kappa shape index (κ1) is 12.5. The van der Waals surface area contributed by atoms with E-state index in [0.29, 0.717) is 5.56 Å². The number of carbonyl (C=O) groups excluding carboxylic acids is 2. The monoisotopic (exact) mass is 278 g/mol. The summed E-state index contributed by atoms with van der Waals surface area (Å²) in [5.74, 6) is 1.43. The molecular formula is C13H14N2O3S. The molecule has 0 radical (unpaired) electrons. The van der Waals surface area contributed by atoms with Gasteiger partial charge in [0.05, 0.1) is 6.04 Å². The highest BCUT2D eigenvalue weighted by atomic mass is 32.2. The van der Waals surface area contributed by atoms with Crippen molar-refractivity contribution in [2.24, 2.45) is 0 Å². The van der Waals surface area contributed by atoms with Gasteiger partial charge in [-0.1, -0.05) is 18.2 Å². The van der Waals surface area contributed by atoms with Gasteiger partial charge >= 0.3 is 0 Å². The zero-order chi connectivity index (χ0) is 13.2. The minimum Gasteiger partial charge on any atom is -0.338 e. The van der Waals surface area contributed by atoms with Gasteiger partial charge in [0, 0.05) is 17.1 Å². The molecule has 2 saturated heterocycles. The maximum Gasteiger partial charge on any atom is 0.271 e. The van der Waals surface area contributed by atoms with Crippen LogP contribution >= 0.6 is 11.8 Å². The molecule has 2 aliphatic rings. The van der Waals surface area contributed by atoms with Crippen LogP contribution in [0.5, 0.6) is 0 Å². The Bertz CT molecular complexity index is 490. The molecule has 3 rings (SSSR count). The lowest BCUT2D eigenvalue weighted by atomic mass is 10.2. The predicted molar refractivity (Wildman–Crippen MR) is 71.6 cm³/mol. The van der Waals surface area contributed by atoms with E-state index in [0.717, 1.165) is 11.5 Å². The van der Waals surface area contributed by atoms with Gasteiger partial charge in [-0.15, -0.1) is 0 Å². The Balaban J connectivity index is 1.61. The summed E-state index contributed by atoms with van der Waals surface area (Å²) in [5.41, 5.74) is 0.549. The second kappa shape index (κ2) is 5.22. The van der Waals surface area contributed by atoms with E-state index in [1.54, 1.807) is 36.0 Å². The van der Waals surface area contributed by atoms with Crippen molar-refractivity contribution in [1.82, 2.24) is 10.4 Å². The molecule has 0 bridgehead atoms. The summed E-state index contributed by atoms with van der Waals surface area (Å²) < 4.78 is 0. The number of hydrogen-bond acceptors (Lipinski definition) is 4. The first-order valence-electron chi connectivity index (χ1n) is 6.15. The zero-order valence-corrected chi connectivity index (χ0v) is 11.1. The Kier molecular flexibility index (Phi) is 3.44. The van der Waals surface area contributed by atoms with Crippen molar-refractivity contribution in [2.75, 3.05) is 18.1 Å². The van der Waals surface area contributed by atoms with Crippen molar-refractivity contribution < 1.29 is 14.4 Å². The number of hydrogen-bond donors (Lipinski definition) is 1. The number of benzene rings is 1. The van der Waals surface area contributed by atoms with Crippen LogP contribution in [-0.2, 0) is 9.63 Å². The van der Waals surface area contributed by atoms with Crippen molar-refractivity contribution in [3.8, 4) is 0 Å². The fourth-order valence-electron chi connectivity index (χ4n) is 2.02. The summed E-state index contributed by atoms with van der Waals surface area (Å²) >= 11 is 1.78. The lowest BCUT2D eigenvalue weighted by Gasteiger charge is -2.32. The predicted octanol–water partition coefficient (Wildman–Crippen LogP) is 0.674. The Morgan fingerprint density at radius 1 is 1.32 bits per heavy atom. The summed E-state index contributed by atoms with van der Waals surface area (Å²) in [6.07, 6.45) is 0. The van der Waals surface area contributed by atoms with Crippen molar-refractivity contribution in [1.29, 1.82) is 0 Å². The molecule has 100 valence electrons. The largest absolute Gasteiger partial charge is 0.338 e. The number of nitrogens with zero attached hydrogens (tertiary/aromatic N) is 1. The molecule has 2 aliphatic heterocycles. The van der Waals surface area contributed by atoms with E-state index in [2.05, 4.69) is 5.32 Å². The van der Waals surface area contributed by atoms with Gasteiger partial charge in [-0.05, 0) is 12.1 Å². The second-order valence-corrected chi connectivity index (χ2v) is 5.62. The molecule has 1 N–H and O–H groups in total. The lowest BCUT2D eigenvalue weighted by molar-refractivity contribution is -0.170. The molecule has 0 spiro atoms. The summed E-state index contributed by atoms with van der Waals surface area (Å²) in [6.45, 7) is 0.221. The van der Waals surface area contributed by atoms with Gasteiger partial charge in [0.1, 0.15) is 12.6 Å². The van der Waals surface area contributed by atoms with Crippen molar-refractivity contribution in [2.45, 2.75) is 12.1 Å². The lowest BCUT2D eigenvalue weighted by Crippen LogP contribution is -2.49. The third-order valence-corrected chi connectivity index (χ3v) is 4.43. The van der Waals surface area contributed by atoms with Crippen LogP contribution in [0.1, 0.15) is 10.4 Å². The average Bonchev–Trinajstić information content (AvgIpc) is 2.71. The maximum atomic E-state index is 12.1. The average molecular weight is 278 g/mol. The number of amides is 2. The van der Waals surface area contributed by atoms with Gasteiger partial charge in [0.25, 0.3) is 11.8 Å². The van der Waals surface area contributed by atoms with Gasteiger partial charge < -0.3 is 5.32 Å². The highest BCUT2D eigenvalue weighted by molar-refractivity contribution is 8.00. The molecule has 2 amide bonds. The van der Waals surface area contributed by atoms with E-state index in [1.165, 1.54) is 5.06 Å². The van der Waals surface area contributed by atoms with E-state index in [1.807, 2.05) is 6.07 Å². The van der Waals surface area contributed by atoms with Crippen LogP contribution < -0.4 is 5.32 Å². The SMILES string of the molecule is O=C(NC1CON(C2CSC2)C1=O)c1ccccc1. The summed E-state index contributed by atoms with van der Waals surface area (Å²) in [5, 5.41) is 4.14. The fraction of sp³-hybridized carbons (Fsp3) is 0.385. The first-order chi connectivity index (χ1) is 9.25. The second-order valence-electron chi connectivity index (χ2n) is 4.54. The molecule has 5 nitrogen and oxygen atoms in total. The van der Waals surface area contributed by atoms with Gasteiger partial charge in [-0.2, -0.15) is 11.8 Å². The number of rotatable bonds is 3. The van der Waals surface area contributed by atoms with Crippen molar-refractivity contribution in [3.63, 3.8) is 0 Å². The highest BCUT2D eigenvalue weighted by Gasteiger charge is 2.40. The molecule has 1 atom stereocenters. The summed E-state index contributed by atoms with van der Waals surface area (Å²) in [6, 6.07) is 8.46. The van der Waals surface area contributed by atoms with Gasteiger partial charge in [-0.25, -0.2) is 5.06 Å². The Morgan fingerprint density at radius 3 is 2.68 bits per heavy atom. The molecule has 0 saturated carbocycles. The fourth-order valence-corrected chi connectivity index (χ4v) is 2.74. The topological polar surface area (TPSA) is 58.6 Å². The Morgan fingerprint density at radius 2 is 2.05 bits per heavy atom. The van der Waals surface area contributed by atoms with E-state index in [9.17, 15) is 9.59 Å². The third kappa shape index (κ3) is 2.46. The van der Waals surface area contributed by atoms with Crippen LogP contribution in [0, 0.1) is 0 Å². The molecule has 2 fully saturated rings. The third-order valence-electron chi connectivity index (χ3n) is 3.19. The number of thioether (sulfide) groups is 1. The van der Waals surface area contributed by atoms with Crippen LogP contribution in [0.3, 0.4) is 0 Å². The smallest absolute Gasteiger partial charge is 0.271 e. The van der Waals surface area contributed by atoms with E-state index >= 15 is 0 Å². The standard InChI is InChI=1S/C13H14N2O3S/c16-12(9-4-2-1-3-5-9)14-11-6-18-15(13(11)17)10-7-19-8-10/h1-5,10-11H,6-8H2,(H,14,16). The van der Waals surface area contributed by atoms with Crippen LogP contribution in [0.4, 0.5) is 0 Å². The Hall–Kier alpha value is -1.53. The van der Waals surface area contributed by atoms with Crippen LogP contribution in [0.15, 0.2) is 30.3 Å². The molecule has 19 heavy (non-hydrogen) atoms. The minimum atomic E-state index is -0.571. The molecular weight excluding hydrogens is 264 g/mol. The summed E-state index contributed by atoms with van der Waals surface area (Å²) in [4.78, 5) is 29.4. The van der Waals surface area contributed by atoms with E-state index in [4.69, 9.17) is 4.84 Å². The molecule has 0 aliphatic carbocycles. The molecule has 6 heteroatoms. The minimum absolute atomic E-state index is 0.144. The van der Waals surface area contributed by atoms with Crippen molar-refractivity contribution in [3.05, 3.63) is 35.9 Å². The highest BCUT2D eigenvalue weighted by Crippen LogP contribution is 2.26. The molecule has 0 aromatic heterocycles. The maximum absolute atomic E-state index is 12.1. The number of carbonyl (C=O) groups is 2. The number of nitrogens with one attached hydrogen (secondary N) is 1. The van der Waals surface area contributed by atoms with Crippen molar-refractivity contribution >= 4 is 23.6 Å². The van der Waals surface area contributed by atoms with Crippen LogP contribution in [-0.4, -0.2) is 47.1 Å². The molecule has 1 unspecified atom stereocenters. The molecule has 1 aromatic rings. The van der Waals surface area contributed by atoms with E-state index < -0.39 is 6.04 Å². The Labute approximate surface area is 115 Å². The normalized spacial score (nSPS) is 23.3. The quantitative estimate of drug-likeness (QED) is 0.883. The van der Waals surface area contributed by atoms with E-state index in [-0.39, 0.29) is 24.5 Å². The first-order valence-corrected chi connectivity index (χ1v) is 7.31.